The van der Waals surface area contributed by atoms with Gasteiger partial charge in [0.15, 0.2) is 0 Å². The summed E-state index contributed by atoms with van der Waals surface area (Å²) in [5, 5.41) is 2.96. The molecule has 0 spiro atoms. The summed E-state index contributed by atoms with van der Waals surface area (Å²) in [4.78, 5) is 10.6. The molecule has 3 heteroatoms. The van der Waals surface area contributed by atoms with E-state index < -0.39 is 0 Å². The van der Waals surface area contributed by atoms with Crippen LogP contribution in [0.5, 0.6) is 0 Å². The summed E-state index contributed by atoms with van der Waals surface area (Å²) in [6, 6.07) is 0. The molecule has 0 atom stereocenters. The van der Waals surface area contributed by atoms with E-state index in [0.29, 0.717) is 18.0 Å². The summed E-state index contributed by atoms with van der Waals surface area (Å²) in [6.07, 6.45) is 0.663. The van der Waals surface area contributed by atoms with E-state index in [2.05, 4.69) is 5.32 Å². The zero-order valence-corrected chi connectivity index (χ0v) is 6.75. The molecule has 0 aromatic carbocycles. The normalized spacial score (nSPS) is 9.56. The Labute approximate surface area is 60.4 Å². The van der Waals surface area contributed by atoms with Gasteiger partial charge in [0.05, 0.1) is 5.75 Å². The zero-order valence-electron chi connectivity index (χ0n) is 5.94. The van der Waals surface area contributed by atoms with E-state index in [-0.39, 0.29) is 0 Å². The van der Waals surface area contributed by atoms with E-state index in [4.69, 9.17) is 0 Å². The fourth-order valence-corrected chi connectivity index (χ4v) is 1.11. The number of hydrogen-bond acceptors (Lipinski definition) is 3. The summed E-state index contributed by atoms with van der Waals surface area (Å²) in [5.41, 5.74) is 0. The summed E-state index contributed by atoms with van der Waals surface area (Å²) in [6.45, 7) is 1.89. The van der Waals surface area contributed by atoms with Gasteiger partial charge in [0.1, 0.15) is 5.78 Å². The first kappa shape index (κ1) is 8.98. The molecule has 1 N–H and O–H groups in total. The molecular weight excluding hydrogens is 134 g/mol. The predicted octanol–water partition coefficient (Wildman–Crippen LogP) is 0.876. The van der Waals surface area contributed by atoms with E-state index in [1.807, 2.05) is 14.0 Å². The molecule has 0 aromatic heterocycles. The second-order valence-corrected chi connectivity index (χ2v) is 2.72. The van der Waals surface area contributed by atoms with Crippen LogP contribution in [0.15, 0.2) is 0 Å². The monoisotopic (exact) mass is 147 g/mol. The molecule has 54 valence electrons. The molecule has 0 saturated heterocycles. The Hall–Kier alpha value is -0.0200. The third-order valence-electron chi connectivity index (χ3n) is 0.904. The van der Waals surface area contributed by atoms with Crippen molar-refractivity contribution in [2.75, 3.05) is 18.7 Å². The molecular formula is C6H13NOS. The number of thioether (sulfide) groups is 1. The summed E-state index contributed by atoms with van der Waals surface area (Å²) >= 11 is 1.63. The average molecular weight is 147 g/mol. The number of hydrogen-bond donors (Lipinski definition) is 1. The Morgan fingerprint density at radius 2 is 2.33 bits per heavy atom. The van der Waals surface area contributed by atoms with Gasteiger partial charge in [0.25, 0.3) is 0 Å². The van der Waals surface area contributed by atoms with Crippen LogP contribution < -0.4 is 5.32 Å². The second-order valence-electron chi connectivity index (χ2n) is 1.74. The lowest BCUT2D eigenvalue weighted by Gasteiger charge is -1.95. The lowest BCUT2D eigenvalue weighted by atomic mass is 10.4. The molecule has 0 unspecified atom stereocenters. The number of carbonyl (C=O) groups is 1. The molecule has 0 aliphatic rings. The quantitative estimate of drug-likeness (QED) is 0.462. The maximum Gasteiger partial charge on any atom is 0.142 e. The molecule has 0 saturated carbocycles. The van der Waals surface area contributed by atoms with Crippen LogP contribution in [0.4, 0.5) is 0 Å². The highest BCUT2D eigenvalue weighted by molar-refractivity contribution is 7.99. The van der Waals surface area contributed by atoms with Gasteiger partial charge in [-0.05, 0) is 7.05 Å². The van der Waals surface area contributed by atoms with Crippen LogP contribution in [0.3, 0.4) is 0 Å². The van der Waals surface area contributed by atoms with Crippen LogP contribution in [-0.4, -0.2) is 24.5 Å². The van der Waals surface area contributed by atoms with Crippen molar-refractivity contribution in [2.24, 2.45) is 0 Å². The van der Waals surface area contributed by atoms with Crippen molar-refractivity contribution >= 4 is 17.5 Å². The number of nitrogens with one attached hydrogen (secondary N) is 1. The smallest absolute Gasteiger partial charge is 0.142 e. The minimum atomic E-state index is 0.329. The molecule has 0 bridgehead atoms. The van der Waals surface area contributed by atoms with Gasteiger partial charge in [0, 0.05) is 12.3 Å². The first-order valence-electron chi connectivity index (χ1n) is 3.05. The average Bonchev–Trinajstić information content (AvgIpc) is 1.89. The van der Waals surface area contributed by atoms with Crippen molar-refractivity contribution in [1.29, 1.82) is 0 Å². The topological polar surface area (TPSA) is 29.1 Å². The zero-order chi connectivity index (χ0) is 7.11. The first-order valence-corrected chi connectivity index (χ1v) is 4.20. The van der Waals surface area contributed by atoms with E-state index in [1.54, 1.807) is 11.8 Å². The van der Waals surface area contributed by atoms with Crippen molar-refractivity contribution < 1.29 is 4.79 Å². The summed E-state index contributed by atoms with van der Waals surface area (Å²) in [7, 11) is 1.88. The number of Topliss-reactive ketones (excluding diaryl/α,β-unsaturated/α-hetero) is 1. The van der Waals surface area contributed by atoms with Crippen molar-refractivity contribution in [3.05, 3.63) is 0 Å². The van der Waals surface area contributed by atoms with Crippen LogP contribution in [0.2, 0.25) is 0 Å². The van der Waals surface area contributed by atoms with Crippen LogP contribution in [0.1, 0.15) is 13.3 Å². The predicted molar refractivity (Wildman–Crippen MR) is 41.7 cm³/mol. The van der Waals surface area contributed by atoms with Crippen LogP contribution in [0.25, 0.3) is 0 Å². The molecule has 0 aromatic rings. The maximum absolute atomic E-state index is 10.6. The third-order valence-corrected chi connectivity index (χ3v) is 1.92. The first-order chi connectivity index (χ1) is 4.31. The summed E-state index contributed by atoms with van der Waals surface area (Å²) in [5.74, 6) is 1.85. The van der Waals surface area contributed by atoms with E-state index in [9.17, 15) is 4.79 Å². The van der Waals surface area contributed by atoms with Gasteiger partial charge in [0.2, 0.25) is 0 Å². The van der Waals surface area contributed by atoms with Gasteiger partial charge >= 0.3 is 0 Å². The molecule has 0 aliphatic carbocycles. The molecule has 0 radical (unpaired) electrons. The third kappa shape index (κ3) is 5.86. The summed E-state index contributed by atoms with van der Waals surface area (Å²) < 4.78 is 0. The van der Waals surface area contributed by atoms with Crippen molar-refractivity contribution in [3.63, 3.8) is 0 Å². The Bertz CT molecular complexity index is 85.1. The Morgan fingerprint density at radius 3 is 2.78 bits per heavy atom. The van der Waals surface area contributed by atoms with Crippen molar-refractivity contribution in [2.45, 2.75) is 13.3 Å². The molecule has 2 nitrogen and oxygen atoms in total. The van der Waals surface area contributed by atoms with Crippen LogP contribution in [-0.2, 0) is 4.79 Å². The van der Waals surface area contributed by atoms with Gasteiger partial charge in [-0.25, -0.2) is 0 Å². The minimum absolute atomic E-state index is 0.329. The van der Waals surface area contributed by atoms with Gasteiger partial charge in [-0.3, -0.25) is 4.79 Å². The number of carbonyl (C=O) groups excluding carboxylic acids is 1. The van der Waals surface area contributed by atoms with Gasteiger partial charge < -0.3 is 5.32 Å². The second kappa shape index (κ2) is 6.11. The molecule has 0 fully saturated rings. The fourth-order valence-electron chi connectivity index (χ4n) is 0.369. The van der Waals surface area contributed by atoms with Gasteiger partial charge in [-0.2, -0.15) is 0 Å². The lowest BCUT2D eigenvalue weighted by molar-refractivity contribution is -0.116. The molecule has 0 rings (SSSR count). The largest absolute Gasteiger partial charge is 0.311 e. The molecule has 9 heavy (non-hydrogen) atoms. The van der Waals surface area contributed by atoms with Crippen LogP contribution in [0, 0.1) is 0 Å². The number of rotatable bonds is 5. The Morgan fingerprint density at radius 1 is 1.67 bits per heavy atom. The number of ketones is 1. The highest BCUT2D eigenvalue weighted by Gasteiger charge is 1.95. The van der Waals surface area contributed by atoms with E-state index in [0.717, 1.165) is 5.88 Å². The van der Waals surface area contributed by atoms with E-state index >= 15 is 0 Å². The Balaban J connectivity index is 2.97. The highest BCUT2D eigenvalue weighted by Crippen LogP contribution is 1.97. The molecule has 0 amide bonds. The van der Waals surface area contributed by atoms with Gasteiger partial charge in [-0.15, -0.1) is 11.8 Å². The Kier molecular flexibility index (Phi) is 6.09. The molecule has 0 aliphatic heterocycles. The SMILES string of the molecule is CCC(=O)CSCNC. The van der Waals surface area contributed by atoms with Crippen molar-refractivity contribution in [1.82, 2.24) is 5.32 Å². The van der Waals surface area contributed by atoms with E-state index in [1.165, 1.54) is 0 Å². The lowest BCUT2D eigenvalue weighted by Crippen LogP contribution is -2.07. The van der Waals surface area contributed by atoms with Crippen LogP contribution >= 0.6 is 11.8 Å². The highest BCUT2D eigenvalue weighted by atomic mass is 32.2. The van der Waals surface area contributed by atoms with Crippen molar-refractivity contribution in [3.8, 4) is 0 Å². The maximum atomic E-state index is 10.6. The standard InChI is InChI=1S/C6H13NOS/c1-3-6(8)4-9-5-7-2/h7H,3-5H2,1-2H3. The van der Waals surface area contributed by atoms with Gasteiger partial charge in [-0.1, -0.05) is 6.92 Å². The molecule has 0 heterocycles. The minimum Gasteiger partial charge on any atom is -0.311 e. The fraction of sp³-hybridized carbons (Fsp3) is 0.833.